The third-order valence-corrected chi connectivity index (χ3v) is 10.4. The Hall–Kier alpha value is -8.22. The van der Waals surface area contributed by atoms with Gasteiger partial charge in [-0.15, -0.1) is 0 Å². The molecule has 0 aliphatic heterocycles. The number of benzene rings is 8. The van der Waals surface area contributed by atoms with E-state index in [1.165, 1.54) is 0 Å². The zero-order chi connectivity index (χ0) is 40.1. The lowest BCUT2D eigenvalue weighted by atomic mass is 9.97. The van der Waals surface area contributed by atoms with E-state index in [9.17, 15) is 0 Å². The van der Waals surface area contributed by atoms with Gasteiger partial charge >= 0.3 is 0 Å². The van der Waals surface area contributed by atoms with Gasteiger partial charge in [0.1, 0.15) is 0 Å². The second-order valence-corrected chi connectivity index (χ2v) is 14.4. The van der Waals surface area contributed by atoms with E-state index in [-0.39, 0.29) is 0 Å². The summed E-state index contributed by atoms with van der Waals surface area (Å²) in [5.74, 6) is 3.74. The van der Waals surface area contributed by atoms with Crippen LogP contribution in [0.25, 0.3) is 102 Å². The lowest BCUT2D eigenvalue weighted by Crippen LogP contribution is -2.00. The monoisotopic (exact) mass is 768 g/mol. The molecule has 60 heavy (non-hydrogen) atoms. The topological polar surface area (TPSA) is 77.3 Å². The first-order valence-electron chi connectivity index (χ1n) is 19.9. The molecule has 282 valence electrons. The highest BCUT2D eigenvalue weighted by molar-refractivity contribution is 5.79. The first kappa shape index (κ1) is 36.1. The third kappa shape index (κ3) is 7.73. The molecule has 0 bridgehead atoms. The third-order valence-electron chi connectivity index (χ3n) is 10.4. The summed E-state index contributed by atoms with van der Waals surface area (Å²) in [6, 6.07) is 74.3. The standard InChI is InChI=1S/C54H36N6/c1-5-16-37(17-6-1)38-30-32-42(33-31-38)52-56-51(41-22-11-4-12-23-41)59-54(60-52)48-29-15-27-46(36-48)44-25-13-24-43(34-44)45-26-14-28-47(35-45)53-57-49(39-18-7-2-8-19-39)55-50(58-53)40-20-9-3-10-21-40/h1-36H. The molecule has 2 aromatic heterocycles. The Kier molecular flexibility index (Phi) is 9.84. The largest absolute Gasteiger partial charge is 0.208 e. The van der Waals surface area contributed by atoms with Crippen LogP contribution < -0.4 is 0 Å². The van der Waals surface area contributed by atoms with E-state index in [2.05, 4.69) is 121 Å². The molecule has 0 N–H and O–H groups in total. The molecular weight excluding hydrogens is 733 g/mol. The van der Waals surface area contributed by atoms with Gasteiger partial charge in [0.15, 0.2) is 34.9 Å². The lowest BCUT2D eigenvalue weighted by Gasteiger charge is -2.11. The molecule has 0 aliphatic rings. The van der Waals surface area contributed by atoms with E-state index in [0.29, 0.717) is 34.9 Å². The van der Waals surface area contributed by atoms with Crippen LogP contribution in [0.2, 0.25) is 0 Å². The van der Waals surface area contributed by atoms with E-state index in [1.54, 1.807) is 0 Å². The van der Waals surface area contributed by atoms with Gasteiger partial charge in [-0.2, -0.15) is 0 Å². The molecule has 0 saturated heterocycles. The number of hydrogen-bond acceptors (Lipinski definition) is 6. The number of rotatable bonds is 9. The summed E-state index contributed by atoms with van der Waals surface area (Å²) in [5, 5.41) is 0. The molecule has 10 aromatic rings. The van der Waals surface area contributed by atoms with Crippen molar-refractivity contribution in [1.82, 2.24) is 29.9 Å². The Bertz CT molecular complexity index is 3010. The van der Waals surface area contributed by atoms with Crippen molar-refractivity contribution in [2.75, 3.05) is 0 Å². The molecule has 0 aliphatic carbocycles. The van der Waals surface area contributed by atoms with Crippen LogP contribution in [-0.2, 0) is 0 Å². The summed E-state index contributed by atoms with van der Waals surface area (Å²) in [6.45, 7) is 0. The van der Waals surface area contributed by atoms with Crippen LogP contribution in [0.5, 0.6) is 0 Å². The minimum absolute atomic E-state index is 0.610. The average Bonchev–Trinajstić information content (AvgIpc) is 3.35. The van der Waals surface area contributed by atoms with Crippen LogP contribution in [0.3, 0.4) is 0 Å². The Morgan fingerprint density at radius 3 is 0.683 bits per heavy atom. The Balaban J connectivity index is 0.995. The molecule has 0 radical (unpaired) electrons. The van der Waals surface area contributed by atoms with Gasteiger partial charge in [0.25, 0.3) is 0 Å². The smallest absolute Gasteiger partial charge is 0.164 e. The van der Waals surface area contributed by atoms with E-state index in [4.69, 9.17) is 29.9 Å². The number of aromatic nitrogens is 6. The number of nitrogens with zero attached hydrogens (tertiary/aromatic N) is 6. The van der Waals surface area contributed by atoms with Gasteiger partial charge in [-0.3, -0.25) is 0 Å². The quantitative estimate of drug-likeness (QED) is 0.145. The average molecular weight is 769 g/mol. The molecule has 0 fully saturated rings. The normalized spacial score (nSPS) is 11.0. The van der Waals surface area contributed by atoms with Gasteiger partial charge in [0.05, 0.1) is 0 Å². The molecule has 10 rings (SSSR count). The molecule has 0 unspecified atom stereocenters. The molecule has 6 nitrogen and oxygen atoms in total. The second kappa shape index (κ2) is 16.3. The minimum atomic E-state index is 0.610. The van der Waals surface area contributed by atoms with E-state index in [0.717, 1.165) is 66.8 Å². The van der Waals surface area contributed by atoms with Crippen molar-refractivity contribution >= 4 is 0 Å². The minimum Gasteiger partial charge on any atom is -0.208 e. The first-order chi connectivity index (χ1) is 29.7. The van der Waals surface area contributed by atoms with Crippen molar-refractivity contribution < 1.29 is 0 Å². The maximum absolute atomic E-state index is 5.05. The van der Waals surface area contributed by atoms with Crippen LogP contribution >= 0.6 is 0 Å². The SMILES string of the molecule is c1ccc(-c2ccc(-c3nc(-c4ccccc4)nc(-c4cccc(-c5cccc(-c6cccc(-c7nc(-c8ccccc8)nc(-c8ccccc8)n7)c6)c5)c4)n3)cc2)cc1. The second-order valence-electron chi connectivity index (χ2n) is 14.4. The van der Waals surface area contributed by atoms with Crippen molar-refractivity contribution in [3.05, 3.63) is 218 Å². The van der Waals surface area contributed by atoms with Crippen molar-refractivity contribution in [2.45, 2.75) is 0 Å². The predicted molar refractivity (Wildman–Crippen MR) is 242 cm³/mol. The molecule has 0 saturated carbocycles. The fourth-order valence-corrected chi connectivity index (χ4v) is 7.28. The van der Waals surface area contributed by atoms with Gasteiger partial charge < -0.3 is 0 Å². The van der Waals surface area contributed by atoms with Crippen LogP contribution in [0.4, 0.5) is 0 Å². The molecule has 0 spiro atoms. The molecular formula is C54H36N6. The summed E-state index contributed by atoms with van der Waals surface area (Å²) >= 11 is 0. The highest BCUT2D eigenvalue weighted by Crippen LogP contribution is 2.33. The van der Waals surface area contributed by atoms with Gasteiger partial charge in [0.2, 0.25) is 0 Å². The highest BCUT2D eigenvalue weighted by Gasteiger charge is 2.15. The highest BCUT2D eigenvalue weighted by atomic mass is 15.0. The lowest BCUT2D eigenvalue weighted by molar-refractivity contribution is 1.07. The van der Waals surface area contributed by atoms with Gasteiger partial charge in [-0.05, 0) is 51.6 Å². The summed E-state index contributed by atoms with van der Waals surface area (Å²) in [7, 11) is 0. The molecule has 0 atom stereocenters. The molecule has 8 aromatic carbocycles. The fraction of sp³-hybridized carbons (Fsp3) is 0. The maximum Gasteiger partial charge on any atom is 0.164 e. The van der Waals surface area contributed by atoms with E-state index in [1.807, 2.05) is 97.1 Å². The zero-order valence-corrected chi connectivity index (χ0v) is 32.5. The number of hydrogen-bond donors (Lipinski definition) is 0. The fourth-order valence-electron chi connectivity index (χ4n) is 7.28. The molecule has 6 heteroatoms. The molecule has 0 amide bonds. The summed E-state index contributed by atoms with van der Waals surface area (Å²) < 4.78 is 0. The van der Waals surface area contributed by atoms with Crippen molar-refractivity contribution in [3.8, 4) is 102 Å². The molecule has 2 heterocycles. The predicted octanol–water partition coefficient (Wildman–Crippen LogP) is 13.1. The summed E-state index contributed by atoms with van der Waals surface area (Å²) in [5.41, 5.74) is 12.1. The van der Waals surface area contributed by atoms with Crippen LogP contribution in [-0.4, -0.2) is 29.9 Å². The zero-order valence-electron chi connectivity index (χ0n) is 32.5. The van der Waals surface area contributed by atoms with Gasteiger partial charge in [-0.1, -0.05) is 200 Å². The van der Waals surface area contributed by atoms with E-state index >= 15 is 0 Å². The van der Waals surface area contributed by atoms with E-state index < -0.39 is 0 Å². The van der Waals surface area contributed by atoms with Crippen LogP contribution in [0.15, 0.2) is 218 Å². The van der Waals surface area contributed by atoms with Crippen molar-refractivity contribution in [1.29, 1.82) is 0 Å². The maximum atomic E-state index is 5.05. The van der Waals surface area contributed by atoms with Gasteiger partial charge in [0, 0.05) is 33.4 Å². The summed E-state index contributed by atoms with van der Waals surface area (Å²) in [6.07, 6.45) is 0. The van der Waals surface area contributed by atoms with Crippen molar-refractivity contribution in [3.63, 3.8) is 0 Å². The first-order valence-corrected chi connectivity index (χ1v) is 19.9. The Labute approximate surface area is 348 Å². The van der Waals surface area contributed by atoms with Crippen molar-refractivity contribution in [2.24, 2.45) is 0 Å². The van der Waals surface area contributed by atoms with Crippen LogP contribution in [0.1, 0.15) is 0 Å². The van der Waals surface area contributed by atoms with Crippen LogP contribution in [0, 0.1) is 0 Å². The Morgan fingerprint density at radius 1 is 0.150 bits per heavy atom. The Morgan fingerprint density at radius 2 is 0.350 bits per heavy atom. The van der Waals surface area contributed by atoms with Gasteiger partial charge in [-0.25, -0.2) is 29.9 Å². The summed E-state index contributed by atoms with van der Waals surface area (Å²) in [4.78, 5) is 29.8.